The second-order valence-electron chi connectivity index (χ2n) is 3.49. The highest BCUT2D eigenvalue weighted by Crippen LogP contribution is 2.16. The van der Waals surface area contributed by atoms with Gasteiger partial charge in [0.15, 0.2) is 10.4 Å². The number of rotatable bonds is 2. The first-order chi connectivity index (χ1) is 6.65. The van der Waals surface area contributed by atoms with Crippen LogP contribution < -0.4 is 0 Å². The van der Waals surface area contributed by atoms with Gasteiger partial charge in [-0.05, 0) is 25.6 Å². The van der Waals surface area contributed by atoms with E-state index in [0.29, 0.717) is 0 Å². The first-order valence-corrected chi connectivity index (χ1v) is 5.18. The summed E-state index contributed by atoms with van der Waals surface area (Å²) in [5.74, 6) is 0. The second kappa shape index (κ2) is 3.24. The summed E-state index contributed by atoms with van der Waals surface area (Å²) in [6, 6.07) is 0. The molecular formula is C9H14N4S. The lowest BCUT2D eigenvalue weighted by Gasteiger charge is -2.01. The number of aromatic nitrogens is 4. The standard InChI is InChI=1S/C9H14N4S/c1-4-5-13-8-7(10-9(13)14)6(2)11-12(8)3/h4-5H2,1-3H3,(H,10,14). The van der Waals surface area contributed by atoms with E-state index in [0.717, 1.165) is 34.6 Å². The van der Waals surface area contributed by atoms with Gasteiger partial charge in [-0.3, -0.25) is 4.68 Å². The van der Waals surface area contributed by atoms with Crippen LogP contribution in [0.5, 0.6) is 0 Å². The minimum absolute atomic E-state index is 0.790. The Bertz CT molecular complexity index is 517. The molecule has 2 aromatic heterocycles. The first kappa shape index (κ1) is 9.45. The summed E-state index contributed by atoms with van der Waals surface area (Å²) in [5, 5.41) is 4.35. The zero-order valence-corrected chi connectivity index (χ0v) is 9.48. The molecular weight excluding hydrogens is 196 g/mol. The summed E-state index contributed by atoms with van der Waals surface area (Å²) < 4.78 is 4.77. The van der Waals surface area contributed by atoms with Gasteiger partial charge in [0, 0.05) is 13.6 Å². The van der Waals surface area contributed by atoms with Gasteiger partial charge in [0.2, 0.25) is 0 Å². The van der Waals surface area contributed by atoms with Crippen molar-refractivity contribution in [3.63, 3.8) is 0 Å². The largest absolute Gasteiger partial charge is 0.328 e. The Balaban J connectivity index is 2.80. The van der Waals surface area contributed by atoms with Gasteiger partial charge >= 0.3 is 0 Å². The van der Waals surface area contributed by atoms with Gasteiger partial charge in [0.05, 0.1) is 5.69 Å². The molecule has 0 aromatic carbocycles. The smallest absolute Gasteiger partial charge is 0.179 e. The number of H-pyrrole nitrogens is 1. The number of hydrogen-bond acceptors (Lipinski definition) is 2. The molecule has 0 aliphatic carbocycles. The molecule has 0 spiro atoms. The Morgan fingerprint density at radius 2 is 2.21 bits per heavy atom. The molecule has 0 fully saturated rings. The van der Waals surface area contributed by atoms with Crippen LogP contribution in [0.3, 0.4) is 0 Å². The van der Waals surface area contributed by atoms with Gasteiger partial charge in [0.1, 0.15) is 5.52 Å². The van der Waals surface area contributed by atoms with E-state index in [-0.39, 0.29) is 0 Å². The van der Waals surface area contributed by atoms with Crippen molar-refractivity contribution in [1.82, 2.24) is 19.3 Å². The lowest BCUT2D eigenvalue weighted by Crippen LogP contribution is -2.02. The highest BCUT2D eigenvalue weighted by Gasteiger charge is 2.11. The molecule has 0 amide bonds. The molecule has 1 N–H and O–H groups in total. The van der Waals surface area contributed by atoms with Crippen molar-refractivity contribution in [2.24, 2.45) is 7.05 Å². The predicted molar refractivity (Wildman–Crippen MR) is 58.9 cm³/mol. The zero-order valence-electron chi connectivity index (χ0n) is 8.66. The van der Waals surface area contributed by atoms with E-state index < -0.39 is 0 Å². The maximum absolute atomic E-state index is 5.26. The average Bonchev–Trinajstić information content (AvgIpc) is 2.56. The Labute approximate surface area is 87.5 Å². The molecule has 5 heteroatoms. The summed E-state index contributed by atoms with van der Waals surface area (Å²) in [6.45, 7) is 5.07. The van der Waals surface area contributed by atoms with E-state index in [1.165, 1.54) is 0 Å². The number of hydrogen-bond donors (Lipinski definition) is 1. The van der Waals surface area contributed by atoms with Gasteiger partial charge in [-0.2, -0.15) is 5.10 Å². The average molecular weight is 210 g/mol. The maximum atomic E-state index is 5.26. The van der Waals surface area contributed by atoms with E-state index in [4.69, 9.17) is 12.2 Å². The highest BCUT2D eigenvalue weighted by atomic mass is 32.1. The van der Waals surface area contributed by atoms with Crippen molar-refractivity contribution >= 4 is 23.4 Å². The molecule has 0 atom stereocenters. The van der Waals surface area contributed by atoms with Crippen LogP contribution in [0.15, 0.2) is 0 Å². The molecule has 14 heavy (non-hydrogen) atoms. The van der Waals surface area contributed by atoms with E-state index in [2.05, 4.69) is 21.6 Å². The number of nitrogens with zero attached hydrogens (tertiary/aromatic N) is 3. The molecule has 2 heterocycles. The van der Waals surface area contributed by atoms with E-state index in [1.807, 2.05) is 18.7 Å². The van der Waals surface area contributed by atoms with Gasteiger partial charge in [-0.25, -0.2) is 0 Å². The molecule has 0 aliphatic rings. The first-order valence-electron chi connectivity index (χ1n) is 4.77. The molecule has 2 rings (SSSR count). The van der Waals surface area contributed by atoms with E-state index >= 15 is 0 Å². The van der Waals surface area contributed by atoms with Gasteiger partial charge in [0.25, 0.3) is 0 Å². The maximum Gasteiger partial charge on any atom is 0.179 e. The minimum atomic E-state index is 0.790. The van der Waals surface area contributed by atoms with Crippen LogP contribution in [0.2, 0.25) is 0 Å². The Morgan fingerprint density at radius 1 is 1.50 bits per heavy atom. The van der Waals surface area contributed by atoms with Gasteiger partial charge in [-0.15, -0.1) is 0 Å². The molecule has 0 bridgehead atoms. The van der Waals surface area contributed by atoms with Crippen molar-refractivity contribution in [2.45, 2.75) is 26.8 Å². The number of aromatic amines is 1. The third-order valence-electron chi connectivity index (χ3n) is 2.37. The van der Waals surface area contributed by atoms with Gasteiger partial charge < -0.3 is 9.55 Å². The summed E-state index contributed by atoms with van der Waals surface area (Å²) in [5.41, 5.74) is 3.16. The molecule has 0 saturated heterocycles. The SMILES string of the molecule is CCCn1c(=S)[nH]c2c(C)nn(C)c21. The van der Waals surface area contributed by atoms with Crippen molar-refractivity contribution in [3.8, 4) is 0 Å². The molecule has 4 nitrogen and oxygen atoms in total. The van der Waals surface area contributed by atoms with Crippen LogP contribution >= 0.6 is 12.2 Å². The quantitative estimate of drug-likeness (QED) is 0.771. The fourth-order valence-corrected chi connectivity index (χ4v) is 2.08. The Kier molecular flexibility index (Phi) is 2.19. The number of nitrogens with one attached hydrogen (secondary N) is 1. The predicted octanol–water partition coefficient (Wildman–Crippen LogP) is 2.15. The summed E-state index contributed by atoms with van der Waals surface area (Å²) >= 11 is 5.26. The highest BCUT2D eigenvalue weighted by molar-refractivity contribution is 7.71. The normalized spacial score (nSPS) is 11.4. The number of imidazole rings is 1. The minimum Gasteiger partial charge on any atom is -0.328 e. The number of fused-ring (bicyclic) bond motifs is 1. The van der Waals surface area contributed by atoms with Crippen LogP contribution in [-0.2, 0) is 13.6 Å². The van der Waals surface area contributed by atoms with Crippen molar-refractivity contribution in [3.05, 3.63) is 10.5 Å². The Hall–Kier alpha value is -1.10. The van der Waals surface area contributed by atoms with Crippen molar-refractivity contribution < 1.29 is 0 Å². The zero-order chi connectivity index (χ0) is 10.3. The lowest BCUT2D eigenvalue weighted by atomic mass is 10.4. The van der Waals surface area contributed by atoms with Gasteiger partial charge in [-0.1, -0.05) is 6.92 Å². The second-order valence-corrected chi connectivity index (χ2v) is 3.88. The molecule has 0 aliphatic heterocycles. The summed E-state index contributed by atoms with van der Waals surface area (Å²) in [7, 11) is 1.95. The number of aryl methyl sites for hydroxylation is 3. The third kappa shape index (κ3) is 1.19. The van der Waals surface area contributed by atoms with Crippen LogP contribution in [0.4, 0.5) is 0 Å². The van der Waals surface area contributed by atoms with Crippen LogP contribution in [0.25, 0.3) is 11.2 Å². The molecule has 0 saturated carbocycles. The molecule has 76 valence electrons. The third-order valence-corrected chi connectivity index (χ3v) is 2.69. The Morgan fingerprint density at radius 3 is 2.86 bits per heavy atom. The monoisotopic (exact) mass is 210 g/mol. The molecule has 0 unspecified atom stereocenters. The fraction of sp³-hybridized carbons (Fsp3) is 0.556. The van der Waals surface area contributed by atoms with Crippen molar-refractivity contribution in [2.75, 3.05) is 0 Å². The fourth-order valence-electron chi connectivity index (χ4n) is 1.80. The van der Waals surface area contributed by atoms with E-state index in [9.17, 15) is 0 Å². The van der Waals surface area contributed by atoms with E-state index in [1.54, 1.807) is 0 Å². The van der Waals surface area contributed by atoms with Crippen LogP contribution in [0.1, 0.15) is 19.0 Å². The van der Waals surface area contributed by atoms with Crippen LogP contribution in [0, 0.1) is 11.7 Å². The topological polar surface area (TPSA) is 38.5 Å². The van der Waals surface area contributed by atoms with Crippen LogP contribution in [-0.4, -0.2) is 19.3 Å². The van der Waals surface area contributed by atoms with Crippen molar-refractivity contribution in [1.29, 1.82) is 0 Å². The molecule has 0 radical (unpaired) electrons. The molecule has 2 aromatic rings. The summed E-state index contributed by atoms with van der Waals surface area (Å²) in [6.07, 6.45) is 1.07. The summed E-state index contributed by atoms with van der Waals surface area (Å²) in [4.78, 5) is 3.20. The lowest BCUT2D eigenvalue weighted by molar-refractivity contribution is 0.653.